The van der Waals surface area contributed by atoms with E-state index in [4.69, 9.17) is 9.15 Å². The fraction of sp³-hybridized carbons (Fsp3) is 0.154. The molecule has 4 heteroatoms. The second-order valence-corrected chi connectivity index (χ2v) is 4.22. The van der Waals surface area contributed by atoms with Gasteiger partial charge in [0.05, 0.1) is 12.2 Å². The molecule has 0 amide bonds. The van der Waals surface area contributed by atoms with Crippen LogP contribution < -0.4 is 4.74 Å². The first-order chi connectivity index (χ1) is 8.26. The fourth-order valence-electron chi connectivity index (χ4n) is 1.57. The van der Waals surface area contributed by atoms with Crippen LogP contribution in [0.1, 0.15) is 17.5 Å². The molecule has 0 aliphatic rings. The largest absolute Gasteiger partial charge is 0.493 e. The van der Waals surface area contributed by atoms with Gasteiger partial charge in [-0.2, -0.15) is 0 Å². The van der Waals surface area contributed by atoms with Crippen LogP contribution >= 0.6 is 15.9 Å². The van der Waals surface area contributed by atoms with Crippen LogP contribution in [0.4, 0.5) is 0 Å². The van der Waals surface area contributed by atoms with Gasteiger partial charge in [-0.15, -0.1) is 0 Å². The van der Waals surface area contributed by atoms with Crippen molar-refractivity contribution in [2.24, 2.45) is 0 Å². The van der Waals surface area contributed by atoms with Crippen LogP contribution in [0.25, 0.3) is 11.3 Å². The van der Waals surface area contributed by atoms with E-state index < -0.39 is 0 Å². The molecule has 0 fully saturated rings. The predicted octanol–water partition coefficient (Wildman–Crippen LogP) is 3.92. The van der Waals surface area contributed by atoms with Gasteiger partial charge in [0.25, 0.3) is 0 Å². The van der Waals surface area contributed by atoms with E-state index in [-0.39, 0.29) is 0 Å². The maximum Gasteiger partial charge on any atom is 0.185 e. The third-order valence-corrected chi connectivity index (χ3v) is 2.93. The Morgan fingerprint density at radius 3 is 2.82 bits per heavy atom. The summed E-state index contributed by atoms with van der Waals surface area (Å²) >= 11 is 3.46. The SMILES string of the molecule is CCOc1cccc(Br)c1-c1ccc(C=O)o1. The van der Waals surface area contributed by atoms with Crippen molar-refractivity contribution in [2.75, 3.05) is 6.61 Å². The average Bonchev–Trinajstić information content (AvgIpc) is 2.78. The zero-order valence-electron chi connectivity index (χ0n) is 9.27. The Labute approximate surface area is 108 Å². The van der Waals surface area contributed by atoms with Crippen LogP contribution in [0.5, 0.6) is 5.75 Å². The Morgan fingerprint density at radius 1 is 1.35 bits per heavy atom. The van der Waals surface area contributed by atoms with E-state index in [1.165, 1.54) is 0 Å². The van der Waals surface area contributed by atoms with E-state index in [9.17, 15) is 4.79 Å². The standard InChI is InChI=1S/C13H11BrO3/c1-2-16-11-5-3-4-10(14)13(11)12-7-6-9(8-15)17-12/h3-8H,2H2,1H3. The lowest BCUT2D eigenvalue weighted by molar-refractivity contribution is 0.110. The second-order valence-electron chi connectivity index (χ2n) is 3.37. The van der Waals surface area contributed by atoms with Crippen molar-refractivity contribution in [2.45, 2.75) is 6.92 Å². The lowest BCUT2D eigenvalue weighted by Gasteiger charge is -2.09. The summed E-state index contributed by atoms with van der Waals surface area (Å²) < 4.78 is 11.8. The van der Waals surface area contributed by atoms with Gasteiger partial charge in [-0.3, -0.25) is 4.79 Å². The van der Waals surface area contributed by atoms with Gasteiger partial charge in [-0.05, 0) is 47.1 Å². The Hall–Kier alpha value is -1.55. The Bertz CT molecular complexity index is 531. The number of carbonyl (C=O) groups is 1. The molecular weight excluding hydrogens is 284 g/mol. The maximum atomic E-state index is 10.6. The molecule has 0 aliphatic carbocycles. The number of ether oxygens (including phenoxy) is 1. The molecule has 1 aromatic heterocycles. The molecule has 3 nitrogen and oxygen atoms in total. The highest BCUT2D eigenvalue weighted by atomic mass is 79.9. The first kappa shape index (κ1) is 11.9. The monoisotopic (exact) mass is 294 g/mol. The van der Waals surface area contributed by atoms with Crippen molar-refractivity contribution in [3.8, 4) is 17.1 Å². The number of aldehydes is 1. The van der Waals surface area contributed by atoms with E-state index >= 15 is 0 Å². The summed E-state index contributed by atoms with van der Waals surface area (Å²) in [6, 6.07) is 9.06. The van der Waals surface area contributed by atoms with E-state index in [0.29, 0.717) is 24.4 Å². The minimum atomic E-state index is 0.304. The molecule has 17 heavy (non-hydrogen) atoms. The van der Waals surface area contributed by atoms with Crippen LogP contribution in [0, 0.1) is 0 Å². The molecule has 0 atom stereocenters. The maximum absolute atomic E-state index is 10.6. The van der Waals surface area contributed by atoms with Gasteiger partial charge in [0, 0.05) is 4.47 Å². The molecule has 2 rings (SSSR count). The first-order valence-electron chi connectivity index (χ1n) is 5.23. The highest BCUT2D eigenvalue weighted by Crippen LogP contribution is 2.37. The summed E-state index contributed by atoms with van der Waals surface area (Å²) in [5.74, 6) is 1.65. The van der Waals surface area contributed by atoms with Crippen molar-refractivity contribution in [1.29, 1.82) is 0 Å². The first-order valence-corrected chi connectivity index (χ1v) is 6.02. The molecule has 1 heterocycles. The van der Waals surface area contributed by atoms with Crippen LogP contribution in [0.3, 0.4) is 0 Å². The summed E-state index contributed by atoms with van der Waals surface area (Å²) in [7, 11) is 0. The van der Waals surface area contributed by atoms with Crippen molar-refractivity contribution in [3.63, 3.8) is 0 Å². The summed E-state index contributed by atoms with van der Waals surface area (Å²) in [5, 5.41) is 0. The van der Waals surface area contributed by atoms with Gasteiger partial charge >= 0.3 is 0 Å². The molecule has 0 unspecified atom stereocenters. The third kappa shape index (κ3) is 2.42. The zero-order valence-corrected chi connectivity index (χ0v) is 10.9. The number of halogens is 1. The number of hydrogen-bond donors (Lipinski definition) is 0. The van der Waals surface area contributed by atoms with Crippen LogP contribution in [0.15, 0.2) is 39.2 Å². The van der Waals surface area contributed by atoms with Crippen LogP contribution in [-0.2, 0) is 0 Å². The number of furan rings is 1. The highest BCUT2D eigenvalue weighted by molar-refractivity contribution is 9.10. The Balaban J connectivity index is 2.52. The molecule has 2 aromatic rings. The van der Waals surface area contributed by atoms with Gasteiger partial charge in [0.1, 0.15) is 11.5 Å². The third-order valence-electron chi connectivity index (χ3n) is 2.26. The molecule has 0 aliphatic heterocycles. The number of benzene rings is 1. The van der Waals surface area contributed by atoms with Crippen molar-refractivity contribution < 1.29 is 13.9 Å². The topological polar surface area (TPSA) is 39.4 Å². The lowest BCUT2D eigenvalue weighted by atomic mass is 10.1. The van der Waals surface area contributed by atoms with Crippen molar-refractivity contribution in [3.05, 3.63) is 40.6 Å². The van der Waals surface area contributed by atoms with E-state index in [1.54, 1.807) is 12.1 Å². The molecular formula is C13H11BrO3. The fourth-order valence-corrected chi connectivity index (χ4v) is 2.11. The Morgan fingerprint density at radius 2 is 2.18 bits per heavy atom. The van der Waals surface area contributed by atoms with Gasteiger partial charge in [0.15, 0.2) is 12.0 Å². The van der Waals surface area contributed by atoms with Gasteiger partial charge in [0.2, 0.25) is 0 Å². The molecule has 0 bridgehead atoms. The highest BCUT2D eigenvalue weighted by Gasteiger charge is 2.13. The predicted molar refractivity (Wildman–Crippen MR) is 68.4 cm³/mol. The second kappa shape index (κ2) is 5.19. The number of rotatable bonds is 4. The smallest absolute Gasteiger partial charge is 0.185 e. The minimum absolute atomic E-state index is 0.304. The number of carbonyl (C=O) groups excluding carboxylic acids is 1. The average molecular weight is 295 g/mol. The lowest BCUT2D eigenvalue weighted by Crippen LogP contribution is -1.94. The van der Waals surface area contributed by atoms with Gasteiger partial charge in [-0.25, -0.2) is 0 Å². The van der Waals surface area contributed by atoms with E-state index in [0.717, 1.165) is 15.8 Å². The Kier molecular flexibility index (Phi) is 3.64. The van der Waals surface area contributed by atoms with Gasteiger partial charge in [-0.1, -0.05) is 6.07 Å². The summed E-state index contributed by atoms with van der Waals surface area (Å²) in [6.07, 6.45) is 0.681. The van der Waals surface area contributed by atoms with E-state index in [1.807, 2.05) is 25.1 Å². The van der Waals surface area contributed by atoms with Gasteiger partial charge < -0.3 is 9.15 Å². The summed E-state index contributed by atoms with van der Waals surface area (Å²) in [6.45, 7) is 2.49. The van der Waals surface area contributed by atoms with Crippen LogP contribution in [-0.4, -0.2) is 12.9 Å². The summed E-state index contributed by atoms with van der Waals surface area (Å²) in [4.78, 5) is 10.6. The molecule has 0 spiro atoms. The molecule has 1 aromatic carbocycles. The van der Waals surface area contributed by atoms with Crippen LogP contribution in [0.2, 0.25) is 0 Å². The summed E-state index contributed by atoms with van der Waals surface area (Å²) in [5.41, 5.74) is 0.822. The zero-order chi connectivity index (χ0) is 12.3. The van der Waals surface area contributed by atoms with E-state index in [2.05, 4.69) is 15.9 Å². The number of hydrogen-bond acceptors (Lipinski definition) is 3. The molecule has 0 N–H and O–H groups in total. The quantitative estimate of drug-likeness (QED) is 0.802. The molecule has 88 valence electrons. The molecule has 0 saturated carbocycles. The normalized spacial score (nSPS) is 10.2. The molecule has 0 radical (unpaired) electrons. The van der Waals surface area contributed by atoms with Crippen molar-refractivity contribution in [1.82, 2.24) is 0 Å². The van der Waals surface area contributed by atoms with Crippen molar-refractivity contribution >= 4 is 22.2 Å². The molecule has 0 saturated heterocycles. The minimum Gasteiger partial charge on any atom is -0.493 e.